The molecule has 152 valence electrons. The van der Waals surface area contributed by atoms with Gasteiger partial charge in [-0.25, -0.2) is 4.79 Å². The van der Waals surface area contributed by atoms with Crippen molar-refractivity contribution in [2.75, 3.05) is 14.2 Å². The quantitative estimate of drug-likeness (QED) is 0.621. The van der Waals surface area contributed by atoms with Gasteiger partial charge in [0.25, 0.3) is 5.69 Å². The summed E-state index contributed by atoms with van der Waals surface area (Å²) in [6.45, 7) is 3.40. The first-order valence-electron chi connectivity index (χ1n) is 8.88. The third-order valence-corrected chi connectivity index (χ3v) is 4.87. The number of aryl methyl sites for hydroxylation is 1. The predicted molar refractivity (Wildman–Crippen MR) is 106 cm³/mol. The molecule has 2 aromatic rings. The number of methoxy groups -OCH3 is 2. The van der Waals surface area contributed by atoms with Gasteiger partial charge in [-0.2, -0.15) is 10.1 Å². The van der Waals surface area contributed by atoms with Gasteiger partial charge in [0, 0.05) is 22.8 Å². The molecule has 1 N–H and O–H groups in total. The Morgan fingerprint density at radius 3 is 2.45 bits per heavy atom. The van der Waals surface area contributed by atoms with Crippen LogP contribution in [0.3, 0.4) is 0 Å². The number of ether oxygens (including phenoxy) is 2. The third-order valence-electron chi connectivity index (χ3n) is 4.87. The van der Waals surface area contributed by atoms with E-state index in [0.29, 0.717) is 40.3 Å². The number of carbonyl (C=O) groups is 1. The minimum Gasteiger partial charge on any atom is -0.493 e. The summed E-state index contributed by atoms with van der Waals surface area (Å²) < 4.78 is 10.8. The summed E-state index contributed by atoms with van der Waals surface area (Å²) in [4.78, 5) is 22.5. The molecule has 0 aromatic heterocycles. The van der Waals surface area contributed by atoms with Crippen molar-refractivity contribution >= 4 is 17.5 Å². The molecule has 0 unspecified atom stereocenters. The Kier molecular flexibility index (Phi) is 5.40. The van der Waals surface area contributed by atoms with Gasteiger partial charge in [-0.15, -0.1) is 0 Å². The molecule has 0 radical (unpaired) electrons. The molecular formula is C20H21N3O6. The predicted octanol–water partition coefficient (Wildman–Crippen LogP) is 3.60. The SMILES string of the molecule is COc1cc2c(cc1OC)C(c1ccc([N+](=O)[O-])c(C)c1)=NN(C(=O)O)[C@H](C)C2. The number of hydrogen-bond donors (Lipinski definition) is 1. The van der Waals surface area contributed by atoms with Crippen LogP contribution >= 0.6 is 0 Å². The third kappa shape index (κ3) is 3.71. The minimum atomic E-state index is -1.18. The van der Waals surface area contributed by atoms with Gasteiger partial charge >= 0.3 is 6.09 Å². The molecule has 29 heavy (non-hydrogen) atoms. The Bertz CT molecular complexity index is 1020. The second-order valence-corrected chi connectivity index (χ2v) is 6.75. The van der Waals surface area contributed by atoms with Crippen molar-refractivity contribution in [3.63, 3.8) is 0 Å². The Hall–Kier alpha value is -3.62. The number of carboxylic acid groups (broad SMARTS) is 1. The van der Waals surface area contributed by atoms with Gasteiger partial charge in [0.1, 0.15) is 0 Å². The van der Waals surface area contributed by atoms with Crippen LogP contribution in [0.25, 0.3) is 0 Å². The molecule has 1 atom stereocenters. The van der Waals surface area contributed by atoms with Crippen molar-refractivity contribution in [2.45, 2.75) is 26.3 Å². The number of nitro benzene ring substituents is 1. The molecule has 1 aliphatic rings. The fraction of sp³-hybridized carbons (Fsp3) is 0.300. The molecule has 0 bridgehead atoms. The van der Waals surface area contributed by atoms with Crippen LogP contribution in [0, 0.1) is 17.0 Å². The van der Waals surface area contributed by atoms with Crippen molar-refractivity contribution in [3.8, 4) is 11.5 Å². The van der Waals surface area contributed by atoms with Crippen LogP contribution in [0.5, 0.6) is 11.5 Å². The first-order chi connectivity index (χ1) is 13.8. The number of rotatable bonds is 4. The van der Waals surface area contributed by atoms with Crippen molar-refractivity contribution in [1.29, 1.82) is 0 Å². The van der Waals surface area contributed by atoms with Crippen LogP contribution in [0.4, 0.5) is 10.5 Å². The maximum Gasteiger partial charge on any atom is 0.428 e. The van der Waals surface area contributed by atoms with Gasteiger partial charge in [-0.05, 0) is 50.1 Å². The lowest BCUT2D eigenvalue weighted by molar-refractivity contribution is -0.385. The van der Waals surface area contributed by atoms with Gasteiger partial charge in [-0.1, -0.05) is 0 Å². The number of fused-ring (bicyclic) bond motifs is 1. The van der Waals surface area contributed by atoms with Gasteiger partial charge in [0.2, 0.25) is 0 Å². The van der Waals surface area contributed by atoms with E-state index in [2.05, 4.69) is 5.10 Å². The average Bonchev–Trinajstić information content (AvgIpc) is 2.81. The van der Waals surface area contributed by atoms with Crippen LogP contribution in [0.2, 0.25) is 0 Å². The number of hydrazone groups is 1. The summed E-state index contributed by atoms with van der Waals surface area (Å²) in [7, 11) is 3.04. The van der Waals surface area contributed by atoms with Gasteiger partial charge in [0.15, 0.2) is 11.5 Å². The number of nitro groups is 1. The second kappa shape index (κ2) is 7.78. The molecule has 9 nitrogen and oxygen atoms in total. The topological polar surface area (TPSA) is 114 Å². The molecule has 0 saturated heterocycles. The molecule has 0 spiro atoms. The average molecular weight is 399 g/mol. The highest BCUT2D eigenvalue weighted by Crippen LogP contribution is 2.35. The largest absolute Gasteiger partial charge is 0.493 e. The fourth-order valence-corrected chi connectivity index (χ4v) is 3.43. The maximum absolute atomic E-state index is 11.8. The Balaban J connectivity index is 2.27. The van der Waals surface area contributed by atoms with Crippen LogP contribution in [-0.4, -0.2) is 47.1 Å². The maximum atomic E-state index is 11.8. The number of hydrogen-bond acceptors (Lipinski definition) is 6. The lowest BCUT2D eigenvalue weighted by atomic mass is 9.93. The van der Waals surface area contributed by atoms with E-state index in [0.717, 1.165) is 10.6 Å². The number of nitrogens with zero attached hydrogens (tertiary/aromatic N) is 3. The summed E-state index contributed by atoms with van der Waals surface area (Å²) in [5.74, 6) is 1.01. The van der Waals surface area contributed by atoms with Gasteiger partial charge in [0.05, 0.1) is 30.9 Å². The zero-order chi connectivity index (χ0) is 21.3. The Morgan fingerprint density at radius 2 is 1.90 bits per heavy atom. The summed E-state index contributed by atoms with van der Waals surface area (Å²) in [6.07, 6.45) is -0.763. The van der Waals surface area contributed by atoms with Crippen molar-refractivity contribution in [2.24, 2.45) is 5.10 Å². The van der Waals surface area contributed by atoms with Crippen LogP contribution in [0.15, 0.2) is 35.4 Å². The van der Waals surface area contributed by atoms with Crippen LogP contribution in [0.1, 0.15) is 29.2 Å². The first-order valence-corrected chi connectivity index (χ1v) is 8.88. The van der Waals surface area contributed by atoms with Crippen molar-refractivity contribution in [1.82, 2.24) is 5.01 Å². The molecule has 2 aromatic carbocycles. The van der Waals surface area contributed by atoms with Crippen molar-refractivity contribution < 1.29 is 24.3 Å². The van der Waals surface area contributed by atoms with E-state index in [1.807, 2.05) is 6.07 Å². The van der Waals surface area contributed by atoms with E-state index in [1.165, 1.54) is 20.3 Å². The molecule has 3 rings (SSSR count). The van der Waals surface area contributed by atoms with Gasteiger partial charge in [-0.3, -0.25) is 10.1 Å². The summed E-state index contributed by atoms with van der Waals surface area (Å²) in [6, 6.07) is 7.74. The van der Waals surface area contributed by atoms with E-state index in [1.54, 1.807) is 32.0 Å². The van der Waals surface area contributed by atoms with Crippen LogP contribution in [-0.2, 0) is 6.42 Å². The summed E-state index contributed by atoms with van der Waals surface area (Å²) in [5.41, 5.74) is 2.93. The highest BCUT2D eigenvalue weighted by atomic mass is 16.6. The standard InChI is InChI=1S/C20H21N3O6/c1-11-7-13(5-6-16(11)23(26)27)19-15-10-18(29-4)17(28-3)9-14(15)8-12(2)22(21-19)20(24)25/h5-7,9-10,12H,8H2,1-4H3,(H,24,25)/t12-/m1/s1. The number of benzene rings is 2. The van der Waals surface area contributed by atoms with Crippen LogP contribution < -0.4 is 9.47 Å². The molecule has 0 fully saturated rings. The lowest BCUT2D eigenvalue weighted by Crippen LogP contribution is -2.34. The molecule has 1 heterocycles. The zero-order valence-electron chi connectivity index (χ0n) is 16.5. The molecular weight excluding hydrogens is 378 g/mol. The van der Waals surface area contributed by atoms with E-state index in [-0.39, 0.29) is 5.69 Å². The monoisotopic (exact) mass is 399 g/mol. The highest BCUT2D eigenvalue weighted by molar-refractivity contribution is 6.14. The van der Waals surface area contributed by atoms with Gasteiger partial charge < -0.3 is 14.6 Å². The van der Waals surface area contributed by atoms with E-state index in [9.17, 15) is 20.0 Å². The highest BCUT2D eigenvalue weighted by Gasteiger charge is 2.29. The molecule has 0 saturated carbocycles. The first kappa shape index (κ1) is 20.1. The zero-order valence-corrected chi connectivity index (χ0v) is 16.5. The second-order valence-electron chi connectivity index (χ2n) is 6.75. The Labute approximate surface area is 167 Å². The minimum absolute atomic E-state index is 0.0148. The lowest BCUT2D eigenvalue weighted by Gasteiger charge is -2.19. The molecule has 1 aliphatic heterocycles. The molecule has 9 heteroatoms. The smallest absolute Gasteiger partial charge is 0.428 e. The van der Waals surface area contributed by atoms with E-state index in [4.69, 9.17) is 9.47 Å². The summed E-state index contributed by atoms with van der Waals surface area (Å²) in [5, 5.41) is 26.2. The Morgan fingerprint density at radius 1 is 1.24 bits per heavy atom. The van der Waals surface area contributed by atoms with E-state index >= 15 is 0 Å². The summed E-state index contributed by atoms with van der Waals surface area (Å²) >= 11 is 0. The van der Waals surface area contributed by atoms with Crippen molar-refractivity contribution in [3.05, 3.63) is 62.7 Å². The van der Waals surface area contributed by atoms with E-state index < -0.39 is 17.1 Å². The molecule has 1 amide bonds. The number of amides is 1. The molecule has 0 aliphatic carbocycles. The normalized spacial score (nSPS) is 15.8. The fourth-order valence-electron chi connectivity index (χ4n) is 3.43.